The third-order valence-corrected chi connectivity index (χ3v) is 3.48. The van der Waals surface area contributed by atoms with Crippen LogP contribution in [0.15, 0.2) is 41.4 Å². The van der Waals surface area contributed by atoms with Crippen molar-refractivity contribution in [2.24, 2.45) is 0 Å². The Labute approximate surface area is 101 Å². The van der Waals surface area contributed by atoms with E-state index in [0.29, 0.717) is 0 Å². The summed E-state index contributed by atoms with van der Waals surface area (Å²) < 4.78 is 0. The number of rotatable bonds is 4. The van der Waals surface area contributed by atoms with Gasteiger partial charge in [0.05, 0.1) is 12.0 Å². The van der Waals surface area contributed by atoms with Gasteiger partial charge in [-0.1, -0.05) is 30.3 Å². The second-order valence-electron chi connectivity index (χ2n) is 4.14. The minimum absolute atomic E-state index is 0.261. The minimum atomic E-state index is -0.261. The summed E-state index contributed by atoms with van der Waals surface area (Å²) in [6, 6.07) is 10.5. The molecule has 0 radical (unpaired) electrons. The molecule has 0 amide bonds. The molecule has 0 aromatic heterocycles. The zero-order valence-electron chi connectivity index (χ0n) is 9.47. The topological polar surface area (TPSA) is 23.5 Å². The van der Waals surface area contributed by atoms with Crippen molar-refractivity contribution in [1.29, 1.82) is 0 Å². The van der Waals surface area contributed by atoms with Gasteiger partial charge in [0, 0.05) is 18.7 Å². The fraction of sp³-hybridized carbons (Fsp3) is 0.385. The lowest BCUT2D eigenvalue weighted by molar-refractivity contribution is 0.182. The number of hydrogen-bond donors (Lipinski definition) is 1. The first-order valence-electron chi connectivity index (χ1n) is 5.53. The Bertz CT molecular complexity index is 361. The van der Waals surface area contributed by atoms with Gasteiger partial charge in [0.1, 0.15) is 0 Å². The average Bonchev–Trinajstić information content (AvgIpc) is 2.66. The molecule has 2 nitrogen and oxygen atoms in total. The van der Waals surface area contributed by atoms with E-state index in [1.807, 2.05) is 13.0 Å². The molecule has 0 bridgehead atoms. The summed E-state index contributed by atoms with van der Waals surface area (Å²) in [4.78, 5) is 2.33. The second-order valence-corrected chi connectivity index (χ2v) is 4.97. The van der Waals surface area contributed by atoms with Crippen LogP contribution in [-0.2, 0) is 6.54 Å². The highest BCUT2D eigenvalue weighted by Gasteiger charge is 2.16. The van der Waals surface area contributed by atoms with Crippen molar-refractivity contribution in [3.8, 4) is 0 Å². The van der Waals surface area contributed by atoms with Crippen LogP contribution >= 0.6 is 11.8 Å². The molecular formula is C13H17NOS. The van der Waals surface area contributed by atoms with Gasteiger partial charge in [-0.25, -0.2) is 0 Å². The Morgan fingerprint density at radius 1 is 1.38 bits per heavy atom. The molecule has 1 heterocycles. The monoisotopic (exact) mass is 235 g/mol. The smallest absolute Gasteiger partial charge is 0.0681 e. The Hall–Kier alpha value is -0.930. The van der Waals surface area contributed by atoms with Crippen molar-refractivity contribution >= 4 is 11.8 Å². The number of benzene rings is 1. The normalized spacial score (nSPS) is 17.4. The van der Waals surface area contributed by atoms with Crippen LogP contribution in [0, 0.1) is 0 Å². The van der Waals surface area contributed by atoms with Crippen LogP contribution in [0.5, 0.6) is 0 Å². The Balaban J connectivity index is 1.98. The molecule has 0 spiro atoms. The van der Waals surface area contributed by atoms with Crippen molar-refractivity contribution < 1.29 is 5.11 Å². The third kappa shape index (κ3) is 3.03. The van der Waals surface area contributed by atoms with Crippen molar-refractivity contribution in [3.63, 3.8) is 0 Å². The van der Waals surface area contributed by atoms with E-state index < -0.39 is 0 Å². The molecule has 0 fully saturated rings. The van der Waals surface area contributed by atoms with E-state index in [2.05, 4.69) is 34.6 Å². The number of hydrogen-bond acceptors (Lipinski definition) is 3. The van der Waals surface area contributed by atoms with Gasteiger partial charge < -0.3 is 10.0 Å². The van der Waals surface area contributed by atoms with E-state index in [0.717, 1.165) is 18.8 Å². The molecule has 0 saturated carbocycles. The summed E-state index contributed by atoms with van der Waals surface area (Å²) in [5.41, 5.74) is 2.57. The third-order valence-electron chi connectivity index (χ3n) is 2.58. The lowest BCUT2D eigenvalue weighted by Gasteiger charge is -2.22. The van der Waals surface area contributed by atoms with Crippen molar-refractivity contribution in [1.82, 2.24) is 4.90 Å². The largest absolute Gasteiger partial charge is 0.393 e. The molecule has 1 aliphatic rings. The maximum absolute atomic E-state index is 9.42. The molecular weight excluding hydrogens is 218 g/mol. The standard InChI is InChI=1S/C13H17NOS/c1-11(15)7-13-9-16-10-14(13)8-12-5-3-2-4-6-12/h2-6,9,11,15H,7-8,10H2,1H3. The summed E-state index contributed by atoms with van der Waals surface area (Å²) in [6.07, 6.45) is 0.489. The van der Waals surface area contributed by atoms with Gasteiger partial charge in [-0.3, -0.25) is 0 Å². The van der Waals surface area contributed by atoms with Gasteiger partial charge in [0.25, 0.3) is 0 Å². The zero-order chi connectivity index (χ0) is 11.4. The highest BCUT2D eigenvalue weighted by molar-refractivity contribution is 8.02. The van der Waals surface area contributed by atoms with Crippen molar-refractivity contribution in [2.45, 2.75) is 26.0 Å². The van der Waals surface area contributed by atoms with Gasteiger partial charge in [0.15, 0.2) is 0 Å². The minimum Gasteiger partial charge on any atom is -0.393 e. The molecule has 1 unspecified atom stereocenters. The summed E-state index contributed by atoms with van der Waals surface area (Å²) in [6.45, 7) is 2.77. The maximum atomic E-state index is 9.42. The molecule has 0 aliphatic carbocycles. The SMILES string of the molecule is CC(O)CC1=CSCN1Cc1ccccc1. The van der Waals surface area contributed by atoms with Gasteiger partial charge >= 0.3 is 0 Å². The molecule has 1 aliphatic heterocycles. The molecule has 1 aromatic carbocycles. The Morgan fingerprint density at radius 3 is 2.81 bits per heavy atom. The Morgan fingerprint density at radius 2 is 2.12 bits per heavy atom. The first-order chi connectivity index (χ1) is 7.75. The zero-order valence-corrected chi connectivity index (χ0v) is 10.3. The fourth-order valence-electron chi connectivity index (χ4n) is 1.81. The highest BCUT2D eigenvalue weighted by Crippen LogP contribution is 2.28. The van der Waals surface area contributed by atoms with Crippen molar-refractivity contribution in [2.75, 3.05) is 5.88 Å². The maximum Gasteiger partial charge on any atom is 0.0681 e. The van der Waals surface area contributed by atoms with E-state index in [1.165, 1.54) is 11.3 Å². The Kier molecular flexibility index (Phi) is 3.91. The first kappa shape index (κ1) is 11.6. The van der Waals surface area contributed by atoms with Crippen LogP contribution in [0.3, 0.4) is 0 Å². The van der Waals surface area contributed by atoms with E-state index in [9.17, 15) is 5.11 Å². The number of aliphatic hydroxyl groups excluding tert-OH is 1. The van der Waals surface area contributed by atoms with Crippen molar-refractivity contribution in [3.05, 3.63) is 47.0 Å². The molecule has 3 heteroatoms. The molecule has 16 heavy (non-hydrogen) atoms. The van der Waals surface area contributed by atoms with Gasteiger partial charge in [0.2, 0.25) is 0 Å². The van der Waals surface area contributed by atoms with Crippen LogP contribution in [-0.4, -0.2) is 22.0 Å². The summed E-state index contributed by atoms with van der Waals surface area (Å²) >= 11 is 1.80. The van der Waals surface area contributed by atoms with Crippen LogP contribution < -0.4 is 0 Å². The first-order valence-corrected chi connectivity index (χ1v) is 6.58. The quantitative estimate of drug-likeness (QED) is 0.868. The van der Waals surface area contributed by atoms with E-state index in [-0.39, 0.29) is 6.10 Å². The predicted octanol–water partition coefficient (Wildman–Crippen LogP) is 2.81. The molecule has 2 rings (SSSR count). The summed E-state index contributed by atoms with van der Waals surface area (Å²) in [7, 11) is 0. The molecule has 86 valence electrons. The number of aliphatic hydroxyl groups is 1. The van der Waals surface area contributed by atoms with E-state index in [1.54, 1.807) is 11.8 Å². The highest BCUT2D eigenvalue weighted by atomic mass is 32.2. The lowest BCUT2D eigenvalue weighted by atomic mass is 10.2. The van der Waals surface area contributed by atoms with Crippen LogP contribution in [0.4, 0.5) is 0 Å². The number of thioether (sulfide) groups is 1. The summed E-state index contributed by atoms with van der Waals surface area (Å²) in [5.74, 6) is 0.997. The average molecular weight is 235 g/mol. The second kappa shape index (κ2) is 5.41. The molecule has 1 N–H and O–H groups in total. The molecule has 0 saturated heterocycles. The van der Waals surface area contributed by atoms with Gasteiger partial charge in [-0.15, -0.1) is 11.8 Å². The van der Waals surface area contributed by atoms with Crippen LogP contribution in [0.2, 0.25) is 0 Å². The summed E-state index contributed by atoms with van der Waals surface area (Å²) in [5, 5.41) is 11.6. The van der Waals surface area contributed by atoms with Crippen LogP contribution in [0.25, 0.3) is 0 Å². The van der Waals surface area contributed by atoms with E-state index in [4.69, 9.17) is 0 Å². The number of nitrogens with zero attached hydrogens (tertiary/aromatic N) is 1. The molecule has 1 aromatic rings. The van der Waals surface area contributed by atoms with Crippen LogP contribution in [0.1, 0.15) is 18.9 Å². The lowest BCUT2D eigenvalue weighted by Crippen LogP contribution is -2.20. The fourth-order valence-corrected chi connectivity index (χ4v) is 2.76. The van der Waals surface area contributed by atoms with Gasteiger partial charge in [-0.2, -0.15) is 0 Å². The molecule has 1 atom stereocenters. The predicted molar refractivity (Wildman–Crippen MR) is 68.8 cm³/mol. The van der Waals surface area contributed by atoms with E-state index >= 15 is 0 Å². The van der Waals surface area contributed by atoms with Gasteiger partial charge in [-0.05, 0) is 17.9 Å².